The standard InChI is InChI=1S/C6HF4.C5H.2CO.Fe/c7-3-1-4(8)6(10)2-5(3)9;1-2-4-5-3-1;2*1-2;/h1H;1H;;;/q-1;-5;;;. The van der Waals surface area contributed by atoms with Gasteiger partial charge in [0.15, 0.2) is 0 Å². The summed E-state index contributed by atoms with van der Waals surface area (Å²) in [4.78, 5) is 0. The molecule has 0 aromatic heterocycles. The van der Waals surface area contributed by atoms with Crippen molar-refractivity contribution < 1.29 is 43.9 Å². The summed E-state index contributed by atoms with van der Waals surface area (Å²) in [7, 11) is 0. The van der Waals surface area contributed by atoms with Crippen molar-refractivity contribution >= 4 is 0 Å². The fourth-order valence-electron chi connectivity index (χ4n) is 0.634. The van der Waals surface area contributed by atoms with Crippen LogP contribution >= 0.6 is 0 Å². The van der Waals surface area contributed by atoms with Gasteiger partial charge in [-0.05, 0) is 0 Å². The molecule has 0 N–H and O–H groups in total. The number of benzene rings is 1. The second kappa shape index (κ2) is 15.3. The topological polar surface area (TPSA) is 39.8 Å². The predicted molar refractivity (Wildman–Crippen MR) is 50.3 cm³/mol. The number of hydrogen-bond donors (Lipinski definition) is 0. The van der Waals surface area contributed by atoms with Crippen molar-refractivity contribution in [2.45, 2.75) is 0 Å². The van der Waals surface area contributed by atoms with Crippen LogP contribution in [-0.4, -0.2) is 0 Å². The van der Waals surface area contributed by atoms with E-state index in [1.165, 1.54) is 6.07 Å². The second-order valence-corrected chi connectivity index (χ2v) is 2.28. The van der Waals surface area contributed by atoms with E-state index >= 15 is 0 Å². The average molecular weight is 322 g/mol. The molecule has 108 valence electrons. The Morgan fingerprint density at radius 2 is 1.20 bits per heavy atom. The fraction of sp³-hybridized carbons (Fsp3) is 0. The second-order valence-electron chi connectivity index (χ2n) is 2.28. The van der Waals surface area contributed by atoms with Crippen LogP contribution in [0.3, 0.4) is 0 Å². The van der Waals surface area contributed by atoms with E-state index in [1.54, 1.807) is 6.07 Å². The fourth-order valence-corrected chi connectivity index (χ4v) is 0.634. The Bertz CT molecular complexity index is 422. The molecule has 0 unspecified atom stereocenters. The van der Waals surface area contributed by atoms with Gasteiger partial charge in [0.2, 0.25) is 0 Å². The zero-order chi connectivity index (χ0) is 15.3. The van der Waals surface area contributed by atoms with Gasteiger partial charge in [-0.15, -0.1) is 6.07 Å². The summed E-state index contributed by atoms with van der Waals surface area (Å²) in [5.74, 6) is -5.92. The van der Waals surface area contributed by atoms with E-state index in [2.05, 4.69) is 37.6 Å². The van der Waals surface area contributed by atoms with Crippen LogP contribution in [0.1, 0.15) is 0 Å². The summed E-state index contributed by atoms with van der Waals surface area (Å²) >= 11 is 0. The number of hydrogen-bond acceptors (Lipinski definition) is 0. The first kappa shape index (κ1) is 23.4. The van der Waals surface area contributed by atoms with Crippen molar-refractivity contribution in [3.63, 3.8) is 0 Å². The quantitative estimate of drug-likeness (QED) is 0.235. The van der Waals surface area contributed by atoms with Crippen molar-refractivity contribution in [2.75, 3.05) is 0 Å². The van der Waals surface area contributed by atoms with Gasteiger partial charge < -0.3 is 30.3 Å². The van der Waals surface area contributed by atoms with E-state index in [1.807, 2.05) is 0 Å². The molecule has 0 saturated heterocycles. The van der Waals surface area contributed by atoms with Gasteiger partial charge in [0, 0.05) is 40.3 Å². The first-order valence-corrected chi connectivity index (χ1v) is 4.07. The molecule has 0 spiro atoms. The maximum Gasteiger partial charge on any atom is 0 e. The molecule has 0 radical (unpaired) electrons. The third kappa shape index (κ3) is 10.2. The van der Waals surface area contributed by atoms with Gasteiger partial charge in [-0.3, -0.25) is 8.78 Å². The van der Waals surface area contributed by atoms with Crippen LogP contribution < -0.4 is 0 Å². The van der Waals surface area contributed by atoms with Crippen LogP contribution in [0.15, 0.2) is 12.1 Å². The molecule has 0 atom stereocenters. The molecule has 2 aromatic rings. The first-order chi connectivity index (χ1) is 9.11. The van der Waals surface area contributed by atoms with Gasteiger partial charge in [-0.1, -0.05) is 6.07 Å². The van der Waals surface area contributed by atoms with Crippen LogP contribution in [0.4, 0.5) is 17.6 Å². The molecule has 0 aliphatic carbocycles. The maximum atomic E-state index is 11.9. The zero-order valence-corrected chi connectivity index (χ0v) is 10.4. The van der Waals surface area contributed by atoms with Gasteiger partial charge in [0.05, 0.1) is 0 Å². The van der Waals surface area contributed by atoms with Crippen molar-refractivity contribution in [3.8, 4) is 0 Å². The molecule has 0 amide bonds. The van der Waals surface area contributed by atoms with Crippen LogP contribution in [0.2, 0.25) is 0 Å². The Morgan fingerprint density at radius 1 is 0.850 bits per heavy atom. The van der Waals surface area contributed by atoms with Crippen molar-refractivity contribution in [1.29, 1.82) is 0 Å². The molecule has 0 aliphatic heterocycles. The number of halogens is 4. The Labute approximate surface area is 123 Å². The third-order valence-corrected chi connectivity index (χ3v) is 1.24. The smallest absolute Gasteiger partial charge is 0 e. The molecule has 7 heteroatoms. The van der Waals surface area contributed by atoms with Crippen LogP contribution in [0.25, 0.3) is 0 Å². The molecule has 0 fully saturated rings. The van der Waals surface area contributed by atoms with Crippen molar-refractivity contribution in [2.24, 2.45) is 0 Å². The van der Waals surface area contributed by atoms with Crippen LogP contribution in [0.5, 0.6) is 0 Å². The SMILES string of the molecule is Fc1[c-]c(F)c(F)cc1F.[C-]#[O+].[C-]#[O+].[Fe].[c-]1[c-][c-][cH-][c-]1. The minimum Gasteiger partial charge on any atom is -0.999 e. The Morgan fingerprint density at radius 3 is 1.40 bits per heavy atom. The normalized spacial score (nSPS) is 7.20. The monoisotopic (exact) mass is 322 g/mol. The summed E-state index contributed by atoms with van der Waals surface area (Å²) in [6.07, 6.45) is 0. The summed E-state index contributed by atoms with van der Waals surface area (Å²) in [5.41, 5.74) is 0. The van der Waals surface area contributed by atoms with E-state index < -0.39 is 23.3 Å². The maximum absolute atomic E-state index is 11.9. The van der Waals surface area contributed by atoms with Gasteiger partial charge >= 0.3 is 22.6 Å². The average Bonchev–Trinajstić information content (AvgIpc) is 3.00. The van der Waals surface area contributed by atoms with Gasteiger partial charge in [-0.25, -0.2) is 8.78 Å². The molecular weight excluding hydrogens is 320 g/mol. The first-order valence-electron chi connectivity index (χ1n) is 4.07. The van der Waals surface area contributed by atoms with Gasteiger partial charge in [0.25, 0.3) is 0 Å². The van der Waals surface area contributed by atoms with Crippen LogP contribution in [0, 0.1) is 66.9 Å². The van der Waals surface area contributed by atoms with Crippen molar-refractivity contribution in [3.05, 3.63) is 79.0 Å². The van der Waals surface area contributed by atoms with Gasteiger partial charge in [-0.2, -0.15) is 0 Å². The number of rotatable bonds is 0. The Kier molecular flexibility index (Phi) is 17.9. The van der Waals surface area contributed by atoms with Crippen molar-refractivity contribution in [1.82, 2.24) is 0 Å². The molecule has 2 rings (SSSR count). The molecule has 20 heavy (non-hydrogen) atoms. The molecule has 0 heterocycles. The Balaban J connectivity index is -0.000000246. The predicted octanol–water partition coefficient (Wildman–Crippen LogP) is 2.57. The zero-order valence-electron chi connectivity index (χ0n) is 9.34. The molecule has 2 aromatic carbocycles. The minimum atomic E-state index is -1.51. The van der Waals surface area contributed by atoms with E-state index in [4.69, 9.17) is 9.30 Å². The molecule has 2 nitrogen and oxygen atoms in total. The van der Waals surface area contributed by atoms with Gasteiger partial charge in [0.1, 0.15) is 0 Å². The summed E-state index contributed by atoms with van der Waals surface area (Å²) < 4.78 is 62.7. The molecule has 0 saturated carbocycles. The summed E-state index contributed by atoms with van der Waals surface area (Å²) in [5, 5.41) is 0. The summed E-state index contributed by atoms with van der Waals surface area (Å²) in [6.45, 7) is 9.00. The Hall–Kier alpha value is -1.71. The van der Waals surface area contributed by atoms with Crippen LogP contribution in [-0.2, 0) is 26.4 Å². The molecular formula is C13H2F4FeO2-6. The largest absolute Gasteiger partial charge is 0.999 e. The van der Waals surface area contributed by atoms with E-state index in [-0.39, 0.29) is 23.1 Å². The minimum absolute atomic E-state index is 0. The van der Waals surface area contributed by atoms with E-state index in [9.17, 15) is 17.6 Å². The van der Waals surface area contributed by atoms with E-state index in [0.29, 0.717) is 0 Å². The molecule has 0 aliphatic rings. The van der Waals surface area contributed by atoms with E-state index in [0.717, 1.165) is 0 Å². The molecule has 0 bridgehead atoms. The summed E-state index contributed by atoms with van der Waals surface area (Å²) in [6, 6.07) is 13.3. The third-order valence-electron chi connectivity index (χ3n) is 1.24.